The SMILES string of the molecule is CCCCCC1CCC(OB(OC2CCC(CCCCC)CC2)C2=CCCCC2)CC1. The van der Waals surface area contributed by atoms with Crippen LogP contribution in [0, 0.1) is 11.8 Å². The molecule has 178 valence electrons. The molecule has 3 aliphatic carbocycles. The van der Waals surface area contributed by atoms with Gasteiger partial charge in [0.2, 0.25) is 0 Å². The molecule has 2 fully saturated rings. The van der Waals surface area contributed by atoms with Gasteiger partial charge in [-0.05, 0) is 94.4 Å². The van der Waals surface area contributed by atoms with E-state index >= 15 is 0 Å². The van der Waals surface area contributed by atoms with Gasteiger partial charge in [-0.25, -0.2) is 0 Å². The Morgan fingerprint density at radius 1 is 0.710 bits per heavy atom. The first-order valence-corrected chi connectivity index (χ1v) is 14.3. The largest absolute Gasteiger partial charge is 0.489 e. The second-order valence-corrected chi connectivity index (χ2v) is 10.9. The van der Waals surface area contributed by atoms with E-state index in [0.29, 0.717) is 12.2 Å². The first-order chi connectivity index (χ1) is 15.3. The van der Waals surface area contributed by atoms with Crippen molar-refractivity contribution < 1.29 is 9.31 Å². The van der Waals surface area contributed by atoms with E-state index in [1.54, 1.807) is 0 Å². The number of unbranched alkanes of at least 4 members (excludes halogenated alkanes) is 4. The van der Waals surface area contributed by atoms with E-state index in [9.17, 15) is 0 Å². The molecule has 31 heavy (non-hydrogen) atoms. The highest BCUT2D eigenvalue weighted by Gasteiger charge is 2.34. The van der Waals surface area contributed by atoms with Crippen molar-refractivity contribution in [2.24, 2.45) is 11.8 Å². The zero-order valence-electron chi connectivity index (χ0n) is 20.9. The Bertz CT molecular complexity index is 457. The fourth-order valence-electron chi connectivity index (χ4n) is 6.11. The summed E-state index contributed by atoms with van der Waals surface area (Å²) in [6.07, 6.45) is 30.0. The summed E-state index contributed by atoms with van der Waals surface area (Å²) in [5.74, 6) is 1.89. The Labute approximate surface area is 194 Å². The van der Waals surface area contributed by atoms with Crippen molar-refractivity contribution in [1.82, 2.24) is 0 Å². The summed E-state index contributed by atoms with van der Waals surface area (Å²) < 4.78 is 13.4. The van der Waals surface area contributed by atoms with Crippen LogP contribution in [0.2, 0.25) is 0 Å². The van der Waals surface area contributed by atoms with E-state index in [-0.39, 0.29) is 7.12 Å². The molecule has 3 rings (SSSR count). The molecule has 3 aliphatic rings. The van der Waals surface area contributed by atoms with Gasteiger partial charge in [0.25, 0.3) is 0 Å². The Hall–Kier alpha value is -0.275. The zero-order chi connectivity index (χ0) is 21.7. The van der Waals surface area contributed by atoms with Gasteiger partial charge in [-0.3, -0.25) is 0 Å². The van der Waals surface area contributed by atoms with Gasteiger partial charge in [-0.2, -0.15) is 0 Å². The lowest BCUT2D eigenvalue weighted by molar-refractivity contribution is 0.0535. The first-order valence-electron chi connectivity index (χ1n) is 14.3. The summed E-state index contributed by atoms with van der Waals surface area (Å²) in [5.41, 5.74) is 1.46. The van der Waals surface area contributed by atoms with Crippen molar-refractivity contribution in [3.8, 4) is 0 Å². The zero-order valence-corrected chi connectivity index (χ0v) is 20.9. The van der Waals surface area contributed by atoms with Crippen LogP contribution in [-0.2, 0) is 9.31 Å². The highest BCUT2D eigenvalue weighted by Crippen LogP contribution is 2.34. The van der Waals surface area contributed by atoms with Crippen molar-refractivity contribution in [1.29, 1.82) is 0 Å². The van der Waals surface area contributed by atoms with E-state index in [1.807, 2.05) is 0 Å². The molecule has 0 saturated heterocycles. The summed E-state index contributed by atoms with van der Waals surface area (Å²) in [4.78, 5) is 0. The van der Waals surface area contributed by atoms with Crippen molar-refractivity contribution in [3.63, 3.8) is 0 Å². The van der Waals surface area contributed by atoms with Gasteiger partial charge in [0, 0.05) is 12.2 Å². The molecule has 2 saturated carbocycles. The minimum Gasteiger partial charge on any atom is -0.405 e. The topological polar surface area (TPSA) is 18.5 Å². The molecule has 0 heterocycles. The maximum Gasteiger partial charge on any atom is 0.489 e. The fourth-order valence-corrected chi connectivity index (χ4v) is 6.11. The van der Waals surface area contributed by atoms with Crippen LogP contribution in [0.1, 0.15) is 142 Å². The number of allylic oxidation sites excluding steroid dienone is 2. The van der Waals surface area contributed by atoms with Crippen LogP contribution < -0.4 is 0 Å². The Balaban J connectivity index is 1.44. The predicted octanol–water partition coefficient (Wildman–Crippen LogP) is 8.83. The molecule has 0 atom stereocenters. The molecule has 0 aliphatic heterocycles. The van der Waals surface area contributed by atoms with Crippen molar-refractivity contribution in [2.45, 2.75) is 154 Å². The molecule has 3 heteroatoms. The average molecular weight is 431 g/mol. The van der Waals surface area contributed by atoms with Gasteiger partial charge in [0.15, 0.2) is 0 Å². The minimum atomic E-state index is -0.0522. The fraction of sp³-hybridized carbons (Fsp3) is 0.929. The first kappa shape index (κ1) is 25.3. The van der Waals surface area contributed by atoms with E-state index in [0.717, 1.165) is 11.8 Å². The highest BCUT2D eigenvalue weighted by molar-refractivity contribution is 6.53. The molecule has 0 radical (unpaired) electrons. The van der Waals surface area contributed by atoms with E-state index in [1.165, 1.54) is 134 Å². The van der Waals surface area contributed by atoms with E-state index in [2.05, 4.69) is 19.9 Å². The number of hydrogen-bond donors (Lipinski definition) is 0. The lowest BCUT2D eigenvalue weighted by Gasteiger charge is -2.35. The van der Waals surface area contributed by atoms with Gasteiger partial charge in [0.1, 0.15) is 0 Å². The lowest BCUT2D eigenvalue weighted by atomic mass is 9.70. The Morgan fingerprint density at radius 2 is 1.23 bits per heavy atom. The quantitative estimate of drug-likeness (QED) is 0.215. The van der Waals surface area contributed by atoms with Gasteiger partial charge in [0.05, 0.1) is 0 Å². The molecular formula is C28H51BO2. The number of rotatable bonds is 13. The monoisotopic (exact) mass is 430 g/mol. The minimum absolute atomic E-state index is 0.0522. The van der Waals surface area contributed by atoms with Crippen LogP contribution in [0.5, 0.6) is 0 Å². The van der Waals surface area contributed by atoms with Gasteiger partial charge < -0.3 is 9.31 Å². The van der Waals surface area contributed by atoms with Gasteiger partial charge >= 0.3 is 7.12 Å². The van der Waals surface area contributed by atoms with Crippen LogP contribution in [0.3, 0.4) is 0 Å². The lowest BCUT2D eigenvalue weighted by Crippen LogP contribution is -2.38. The Morgan fingerprint density at radius 3 is 1.65 bits per heavy atom. The molecule has 0 aromatic heterocycles. The molecule has 0 spiro atoms. The molecule has 0 aromatic rings. The van der Waals surface area contributed by atoms with Crippen LogP contribution in [-0.4, -0.2) is 19.3 Å². The highest BCUT2D eigenvalue weighted by atomic mass is 16.6. The maximum absolute atomic E-state index is 6.72. The third kappa shape index (κ3) is 9.24. The van der Waals surface area contributed by atoms with Crippen molar-refractivity contribution >= 4 is 7.12 Å². The van der Waals surface area contributed by atoms with Crippen LogP contribution in [0.15, 0.2) is 11.5 Å². The third-order valence-electron chi connectivity index (χ3n) is 8.28. The Kier molecular flexibility index (Phi) is 12.1. The van der Waals surface area contributed by atoms with Crippen molar-refractivity contribution in [3.05, 3.63) is 11.5 Å². The third-order valence-corrected chi connectivity index (χ3v) is 8.28. The van der Waals surface area contributed by atoms with Gasteiger partial charge in [-0.15, -0.1) is 0 Å². The van der Waals surface area contributed by atoms with E-state index < -0.39 is 0 Å². The molecule has 0 aromatic carbocycles. The van der Waals surface area contributed by atoms with Crippen LogP contribution in [0.4, 0.5) is 0 Å². The summed E-state index contributed by atoms with van der Waals surface area (Å²) in [6, 6.07) is 0. The molecule has 0 unspecified atom stereocenters. The molecule has 2 nitrogen and oxygen atoms in total. The summed E-state index contributed by atoms with van der Waals surface area (Å²) in [6.45, 7) is 4.62. The number of hydrogen-bond acceptors (Lipinski definition) is 2. The van der Waals surface area contributed by atoms with Crippen molar-refractivity contribution in [2.75, 3.05) is 0 Å². The normalized spacial score (nSPS) is 29.5. The molecule has 0 bridgehead atoms. The molecule has 0 amide bonds. The summed E-state index contributed by atoms with van der Waals surface area (Å²) in [7, 11) is -0.0522. The standard InChI is InChI=1S/C28H51BO2/c1-3-5-8-12-24-16-20-27(21-17-24)30-29(26-14-10-7-11-15-26)31-28-22-18-25(19-23-28)13-9-6-4-2/h14,24-25,27-28H,3-13,15-23H2,1-2H3. The maximum atomic E-state index is 6.72. The smallest absolute Gasteiger partial charge is 0.405 e. The average Bonchev–Trinajstić information content (AvgIpc) is 2.82. The molecule has 0 N–H and O–H groups in total. The van der Waals surface area contributed by atoms with E-state index in [4.69, 9.17) is 9.31 Å². The van der Waals surface area contributed by atoms with Crippen LogP contribution in [0.25, 0.3) is 0 Å². The van der Waals surface area contributed by atoms with Gasteiger partial charge in [-0.1, -0.05) is 71.3 Å². The predicted molar refractivity (Wildman–Crippen MR) is 134 cm³/mol. The van der Waals surface area contributed by atoms with Crippen LogP contribution >= 0.6 is 0 Å². The second-order valence-electron chi connectivity index (χ2n) is 10.9. The second kappa shape index (κ2) is 14.8. The summed E-state index contributed by atoms with van der Waals surface area (Å²) >= 11 is 0. The summed E-state index contributed by atoms with van der Waals surface area (Å²) in [5, 5.41) is 0. The molecular weight excluding hydrogens is 379 g/mol.